The summed E-state index contributed by atoms with van der Waals surface area (Å²) in [6, 6.07) is 3.20. The highest BCUT2D eigenvalue weighted by Gasteiger charge is 2.24. The third-order valence-electron chi connectivity index (χ3n) is 3.03. The molecular formula is C13H15ClN2O3. The van der Waals surface area contributed by atoms with Gasteiger partial charge in [-0.25, -0.2) is 4.98 Å². The average Bonchev–Trinajstić information content (AvgIpc) is 2.93. The van der Waals surface area contributed by atoms with Gasteiger partial charge in [0, 0.05) is 6.20 Å². The number of anilines is 1. The number of nitrogens with zero attached hydrogens (tertiary/aromatic N) is 1. The Labute approximate surface area is 116 Å². The molecule has 0 aromatic carbocycles. The summed E-state index contributed by atoms with van der Waals surface area (Å²) in [5.74, 6) is -0.342. The van der Waals surface area contributed by atoms with Crippen LogP contribution in [0.3, 0.4) is 0 Å². The van der Waals surface area contributed by atoms with Crippen LogP contribution in [0, 0.1) is 5.92 Å². The van der Waals surface area contributed by atoms with Gasteiger partial charge in [-0.05, 0) is 25.0 Å². The fourth-order valence-corrected chi connectivity index (χ4v) is 2.16. The van der Waals surface area contributed by atoms with Crippen LogP contribution < -0.4 is 5.32 Å². The average molecular weight is 283 g/mol. The fraction of sp³-hybridized carbons (Fsp3) is 0.462. The summed E-state index contributed by atoms with van der Waals surface area (Å²) in [6.45, 7) is -0.278. The van der Waals surface area contributed by atoms with Gasteiger partial charge in [0.1, 0.15) is 5.82 Å². The van der Waals surface area contributed by atoms with Crippen LogP contribution in [0.5, 0.6) is 0 Å². The van der Waals surface area contributed by atoms with E-state index in [4.69, 9.17) is 16.3 Å². The lowest BCUT2D eigenvalue weighted by Gasteiger charge is -2.09. The molecule has 0 aliphatic heterocycles. The normalized spacial score (nSPS) is 15.2. The first kappa shape index (κ1) is 13.8. The monoisotopic (exact) mass is 282 g/mol. The van der Waals surface area contributed by atoms with Gasteiger partial charge in [0.25, 0.3) is 5.91 Å². The van der Waals surface area contributed by atoms with E-state index in [2.05, 4.69) is 10.3 Å². The van der Waals surface area contributed by atoms with E-state index in [1.54, 1.807) is 12.1 Å². The molecule has 2 rings (SSSR count). The Balaban J connectivity index is 1.75. The number of halogens is 1. The second kappa shape index (κ2) is 6.52. The number of amides is 1. The molecule has 0 atom stereocenters. The molecule has 1 saturated carbocycles. The number of pyridine rings is 1. The van der Waals surface area contributed by atoms with Crippen molar-refractivity contribution in [3.05, 3.63) is 23.4 Å². The fourth-order valence-electron chi connectivity index (χ4n) is 2.04. The lowest BCUT2D eigenvalue weighted by molar-refractivity contribution is -0.151. The van der Waals surface area contributed by atoms with Crippen LogP contribution in [0.1, 0.15) is 25.7 Å². The lowest BCUT2D eigenvalue weighted by atomic mass is 10.1. The van der Waals surface area contributed by atoms with Crippen molar-refractivity contribution in [1.82, 2.24) is 4.98 Å². The summed E-state index contributed by atoms with van der Waals surface area (Å²) in [4.78, 5) is 27.1. The predicted molar refractivity (Wildman–Crippen MR) is 70.8 cm³/mol. The number of carbonyl (C=O) groups is 2. The van der Waals surface area contributed by atoms with Gasteiger partial charge in [-0.1, -0.05) is 24.4 Å². The maximum absolute atomic E-state index is 11.6. The van der Waals surface area contributed by atoms with Crippen LogP contribution in [0.25, 0.3) is 0 Å². The Bertz CT molecular complexity index is 455. The van der Waals surface area contributed by atoms with Gasteiger partial charge in [-0.3, -0.25) is 9.59 Å². The molecular weight excluding hydrogens is 268 g/mol. The minimum Gasteiger partial charge on any atom is -0.455 e. The van der Waals surface area contributed by atoms with Crippen molar-refractivity contribution in [2.24, 2.45) is 5.92 Å². The second-order valence-electron chi connectivity index (χ2n) is 4.50. The number of ether oxygens (including phenoxy) is 1. The molecule has 1 N–H and O–H groups in total. The number of hydrogen-bond acceptors (Lipinski definition) is 4. The molecule has 1 fully saturated rings. The van der Waals surface area contributed by atoms with Crippen LogP contribution in [-0.2, 0) is 14.3 Å². The van der Waals surface area contributed by atoms with Crippen LogP contribution in [0.4, 0.5) is 5.82 Å². The van der Waals surface area contributed by atoms with Crippen molar-refractivity contribution >= 4 is 29.3 Å². The zero-order chi connectivity index (χ0) is 13.7. The summed E-state index contributed by atoms with van der Waals surface area (Å²) < 4.78 is 4.98. The highest BCUT2D eigenvalue weighted by Crippen LogP contribution is 2.25. The molecule has 0 bridgehead atoms. The molecule has 0 spiro atoms. The van der Waals surface area contributed by atoms with E-state index in [9.17, 15) is 9.59 Å². The van der Waals surface area contributed by atoms with Crippen LogP contribution >= 0.6 is 11.6 Å². The number of nitrogens with one attached hydrogen (secondary N) is 1. The molecule has 0 unspecified atom stereocenters. The van der Waals surface area contributed by atoms with Crippen molar-refractivity contribution in [2.45, 2.75) is 25.7 Å². The molecule has 5 nitrogen and oxygen atoms in total. The van der Waals surface area contributed by atoms with Gasteiger partial charge in [-0.2, -0.15) is 0 Å². The van der Waals surface area contributed by atoms with E-state index in [1.807, 2.05) is 0 Å². The number of esters is 1. The molecule has 1 heterocycles. The molecule has 1 amide bonds. The van der Waals surface area contributed by atoms with E-state index < -0.39 is 5.91 Å². The lowest BCUT2D eigenvalue weighted by Crippen LogP contribution is -2.24. The minimum atomic E-state index is -0.402. The first-order valence-electron chi connectivity index (χ1n) is 6.23. The number of aromatic nitrogens is 1. The SMILES string of the molecule is O=C(COC(=O)C1CCCC1)Nc1ccc(Cl)cn1. The summed E-state index contributed by atoms with van der Waals surface area (Å²) in [6.07, 6.45) is 5.27. The number of rotatable bonds is 4. The molecule has 1 aromatic heterocycles. The number of carbonyl (C=O) groups excluding carboxylic acids is 2. The zero-order valence-corrected chi connectivity index (χ0v) is 11.2. The Morgan fingerprint density at radius 1 is 1.37 bits per heavy atom. The van der Waals surface area contributed by atoms with E-state index in [0.29, 0.717) is 10.8 Å². The standard InChI is InChI=1S/C13H15ClN2O3/c14-10-5-6-11(15-7-10)16-12(17)8-19-13(18)9-3-1-2-4-9/h5-7,9H,1-4,8H2,(H,15,16,17). The molecule has 0 radical (unpaired) electrons. The predicted octanol–water partition coefficient (Wildman–Crippen LogP) is 2.41. The highest BCUT2D eigenvalue weighted by molar-refractivity contribution is 6.30. The third-order valence-corrected chi connectivity index (χ3v) is 3.25. The number of hydrogen-bond donors (Lipinski definition) is 1. The van der Waals surface area contributed by atoms with Crippen LogP contribution in [0.15, 0.2) is 18.3 Å². The van der Waals surface area contributed by atoms with Crippen molar-refractivity contribution < 1.29 is 14.3 Å². The Hall–Kier alpha value is -1.62. The van der Waals surface area contributed by atoms with Crippen molar-refractivity contribution in [2.75, 3.05) is 11.9 Å². The minimum absolute atomic E-state index is 0.0403. The van der Waals surface area contributed by atoms with Crippen molar-refractivity contribution in [3.8, 4) is 0 Å². The van der Waals surface area contributed by atoms with Crippen LogP contribution in [0.2, 0.25) is 5.02 Å². The van der Waals surface area contributed by atoms with E-state index in [1.165, 1.54) is 6.20 Å². The maximum Gasteiger partial charge on any atom is 0.309 e. The Morgan fingerprint density at radius 2 is 2.11 bits per heavy atom. The Kier molecular flexibility index (Phi) is 4.74. The molecule has 1 aromatic rings. The molecule has 19 heavy (non-hydrogen) atoms. The molecule has 1 aliphatic rings. The van der Waals surface area contributed by atoms with Gasteiger partial charge >= 0.3 is 5.97 Å². The quantitative estimate of drug-likeness (QED) is 0.861. The molecule has 6 heteroatoms. The zero-order valence-electron chi connectivity index (χ0n) is 10.4. The maximum atomic E-state index is 11.6. The first-order valence-corrected chi connectivity index (χ1v) is 6.61. The largest absolute Gasteiger partial charge is 0.455 e. The van der Waals surface area contributed by atoms with E-state index in [0.717, 1.165) is 25.7 Å². The van der Waals surface area contributed by atoms with E-state index in [-0.39, 0.29) is 18.5 Å². The topological polar surface area (TPSA) is 68.3 Å². The van der Waals surface area contributed by atoms with Gasteiger partial charge < -0.3 is 10.1 Å². The van der Waals surface area contributed by atoms with Gasteiger partial charge in [0.2, 0.25) is 0 Å². The van der Waals surface area contributed by atoms with E-state index >= 15 is 0 Å². The summed E-state index contributed by atoms with van der Waals surface area (Å²) in [5, 5.41) is 3.02. The highest BCUT2D eigenvalue weighted by atomic mass is 35.5. The van der Waals surface area contributed by atoms with Gasteiger partial charge in [-0.15, -0.1) is 0 Å². The smallest absolute Gasteiger partial charge is 0.309 e. The van der Waals surface area contributed by atoms with Gasteiger partial charge in [0.05, 0.1) is 10.9 Å². The van der Waals surface area contributed by atoms with Crippen molar-refractivity contribution in [3.63, 3.8) is 0 Å². The Morgan fingerprint density at radius 3 is 2.74 bits per heavy atom. The third kappa shape index (κ3) is 4.21. The molecule has 0 saturated heterocycles. The van der Waals surface area contributed by atoms with Crippen molar-refractivity contribution in [1.29, 1.82) is 0 Å². The van der Waals surface area contributed by atoms with Crippen LogP contribution in [-0.4, -0.2) is 23.5 Å². The summed E-state index contributed by atoms with van der Waals surface area (Å²) >= 11 is 5.68. The second-order valence-corrected chi connectivity index (χ2v) is 4.94. The van der Waals surface area contributed by atoms with Gasteiger partial charge in [0.15, 0.2) is 6.61 Å². The molecule has 102 valence electrons. The summed E-state index contributed by atoms with van der Waals surface area (Å²) in [7, 11) is 0. The summed E-state index contributed by atoms with van der Waals surface area (Å²) in [5.41, 5.74) is 0. The first-order chi connectivity index (χ1) is 9.15. The molecule has 1 aliphatic carbocycles.